The third-order valence-electron chi connectivity index (χ3n) is 4.63. The number of sulfonamides is 1. The van der Waals surface area contributed by atoms with E-state index < -0.39 is 34.3 Å². The van der Waals surface area contributed by atoms with Gasteiger partial charge in [0.25, 0.3) is 0 Å². The minimum Gasteiger partial charge on any atom is -0.344 e. The number of benzene rings is 3. The third kappa shape index (κ3) is 5.45. The van der Waals surface area contributed by atoms with Crippen molar-refractivity contribution in [3.63, 3.8) is 0 Å². The van der Waals surface area contributed by atoms with Gasteiger partial charge in [0.05, 0.1) is 18.0 Å². The molecule has 0 spiro atoms. The van der Waals surface area contributed by atoms with Crippen LogP contribution in [0.25, 0.3) is 0 Å². The van der Waals surface area contributed by atoms with E-state index in [1.54, 1.807) is 0 Å². The maximum absolute atomic E-state index is 13.6. The molecule has 0 aromatic heterocycles. The highest BCUT2D eigenvalue weighted by Crippen LogP contribution is 2.23. The van der Waals surface area contributed by atoms with Gasteiger partial charge >= 0.3 is 0 Å². The molecule has 1 amide bonds. The third-order valence-corrected chi connectivity index (χ3v) is 5.77. The van der Waals surface area contributed by atoms with Crippen LogP contribution in [-0.2, 0) is 14.8 Å². The standard InChI is InChI=1S/C23H23FN2O3S/c1-17-11-13-19(14-12-17)23(18-7-4-3-5-8-18)25-22(27)16-26(30(2,28)29)21-10-6-9-20(24)15-21/h3-15,23H,16H2,1-2H3,(H,25,27)/t23-/m0/s1. The SMILES string of the molecule is Cc1ccc([C@@H](NC(=O)CN(c2cccc(F)c2)S(C)(=O)=O)c2ccccc2)cc1. The molecule has 1 N–H and O–H groups in total. The van der Waals surface area contributed by atoms with Crippen molar-refractivity contribution in [2.24, 2.45) is 0 Å². The van der Waals surface area contributed by atoms with Crippen LogP contribution < -0.4 is 9.62 Å². The number of rotatable bonds is 7. The molecule has 0 heterocycles. The topological polar surface area (TPSA) is 66.5 Å². The number of hydrogen-bond donors (Lipinski definition) is 1. The summed E-state index contributed by atoms with van der Waals surface area (Å²) in [5.74, 6) is -1.08. The van der Waals surface area contributed by atoms with Gasteiger partial charge in [-0.15, -0.1) is 0 Å². The maximum atomic E-state index is 13.6. The van der Waals surface area contributed by atoms with E-state index in [9.17, 15) is 17.6 Å². The van der Waals surface area contributed by atoms with Crippen LogP contribution in [-0.4, -0.2) is 27.1 Å². The Bertz CT molecular complexity index is 1120. The summed E-state index contributed by atoms with van der Waals surface area (Å²) in [6.45, 7) is 1.51. The lowest BCUT2D eigenvalue weighted by Crippen LogP contribution is -2.41. The molecule has 0 aliphatic rings. The summed E-state index contributed by atoms with van der Waals surface area (Å²) in [6, 6.07) is 21.9. The van der Waals surface area contributed by atoms with Gasteiger partial charge in [-0.1, -0.05) is 66.2 Å². The Morgan fingerprint density at radius 3 is 2.20 bits per heavy atom. The number of anilines is 1. The molecule has 1 atom stereocenters. The second kappa shape index (κ2) is 9.09. The molecule has 0 saturated carbocycles. The van der Waals surface area contributed by atoms with Crippen molar-refractivity contribution in [3.05, 3.63) is 101 Å². The molecule has 0 aliphatic carbocycles. The molecule has 0 unspecified atom stereocenters. The van der Waals surface area contributed by atoms with Crippen molar-refractivity contribution in [3.8, 4) is 0 Å². The Labute approximate surface area is 176 Å². The molecule has 156 valence electrons. The average molecular weight is 427 g/mol. The minimum absolute atomic E-state index is 0.0965. The first-order chi connectivity index (χ1) is 14.2. The van der Waals surface area contributed by atoms with Gasteiger partial charge in [0.15, 0.2) is 0 Å². The van der Waals surface area contributed by atoms with Crippen LogP contribution in [0.2, 0.25) is 0 Å². The Morgan fingerprint density at radius 2 is 1.60 bits per heavy atom. The van der Waals surface area contributed by atoms with Crippen molar-refractivity contribution in [1.82, 2.24) is 5.32 Å². The molecule has 30 heavy (non-hydrogen) atoms. The van der Waals surface area contributed by atoms with Crippen LogP contribution in [0, 0.1) is 12.7 Å². The van der Waals surface area contributed by atoms with Gasteiger partial charge in [0, 0.05) is 0 Å². The normalized spacial score (nSPS) is 12.2. The number of halogens is 1. The highest BCUT2D eigenvalue weighted by atomic mass is 32.2. The van der Waals surface area contributed by atoms with Gasteiger partial charge in [-0.05, 0) is 36.2 Å². The Balaban J connectivity index is 1.88. The Kier molecular flexibility index (Phi) is 6.52. The lowest BCUT2D eigenvalue weighted by Gasteiger charge is -2.25. The molecule has 0 fully saturated rings. The number of carbonyl (C=O) groups excluding carboxylic acids is 1. The fraction of sp³-hybridized carbons (Fsp3) is 0.174. The quantitative estimate of drug-likeness (QED) is 0.625. The summed E-state index contributed by atoms with van der Waals surface area (Å²) in [4.78, 5) is 12.9. The Morgan fingerprint density at radius 1 is 0.967 bits per heavy atom. The number of nitrogens with one attached hydrogen (secondary N) is 1. The molecular weight excluding hydrogens is 403 g/mol. The van der Waals surface area contributed by atoms with Crippen molar-refractivity contribution >= 4 is 21.6 Å². The average Bonchev–Trinajstić information content (AvgIpc) is 2.71. The number of carbonyl (C=O) groups is 1. The van der Waals surface area contributed by atoms with Gasteiger partial charge in [-0.25, -0.2) is 12.8 Å². The summed E-state index contributed by atoms with van der Waals surface area (Å²) < 4.78 is 39.0. The number of aryl methyl sites for hydroxylation is 1. The first-order valence-electron chi connectivity index (χ1n) is 9.38. The van der Waals surface area contributed by atoms with Crippen LogP contribution in [0.1, 0.15) is 22.7 Å². The van der Waals surface area contributed by atoms with Crippen molar-refractivity contribution in [1.29, 1.82) is 0 Å². The summed E-state index contributed by atoms with van der Waals surface area (Å²) in [5, 5.41) is 2.92. The van der Waals surface area contributed by atoms with Gasteiger partial charge in [0.2, 0.25) is 15.9 Å². The molecule has 7 heteroatoms. The first-order valence-corrected chi connectivity index (χ1v) is 11.2. The zero-order valence-electron chi connectivity index (χ0n) is 16.7. The molecule has 3 rings (SSSR count). The molecule has 0 radical (unpaired) electrons. The van der Waals surface area contributed by atoms with E-state index in [-0.39, 0.29) is 5.69 Å². The summed E-state index contributed by atoms with van der Waals surface area (Å²) >= 11 is 0. The summed E-state index contributed by atoms with van der Waals surface area (Å²) in [5.41, 5.74) is 2.92. The fourth-order valence-corrected chi connectivity index (χ4v) is 3.98. The largest absolute Gasteiger partial charge is 0.344 e. The van der Waals surface area contributed by atoms with Crippen LogP contribution >= 0.6 is 0 Å². The Hall–Kier alpha value is -3.19. The monoisotopic (exact) mass is 426 g/mol. The molecule has 5 nitrogen and oxygen atoms in total. The van der Waals surface area contributed by atoms with E-state index in [0.29, 0.717) is 0 Å². The number of nitrogens with zero attached hydrogens (tertiary/aromatic N) is 1. The minimum atomic E-state index is -3.79. The summed E-state index contributed by atoms with van der Waals surface area (Å²) in [7, 11) is -3.79. The molecule has 3 aromatic rings. The van der Waals surface area contributed by atoms with E-state index in [2.05, 4.69) is 5.32 Å². The van der Waals surface area contributed by atoms with Crippen molar-refractivity contribution in [2.75, 3.05) is 17.1 Å². The molecule has 0 saturated heterocycles. The van der Waals surface area contributed by atoms with Gasteiger partial charge in [-0.3, -0.25) is 9.10 Å². The first kappa shape index (κ1) is 21.5. The number of hydrogen-bond acceptors (Lipinski definition) is 3. The molecule has 0 aliphatic heterocycles. The highest BCUT2D eigenvalue weighted by Gasteiger charge is 2.24. The summed E-state index contributed by atoms with van der Waals surface area (Å²) in [6.07, 6.45) is 0.986. The lowest BCUT2D eigenvalue weighted by molar-refractivity contribution is -0.120. The van der Waals surface area contributed by atoms with E-state index >= 15 is 0 Å². The van der Waals surface area contributed by atoms with E-state index in [4.69, 9.17) is 0 Å². The van der Waals surface area contributed by atoms with Crippen molar-refractivity contribution in [2.45, 2.75) is 13.0 Å². The second-order valence-electron chi connectivity index (χ2n) is 7.07. The zero-order valence-corrected chi connectivity index (χ0v) is 17.6. The van der Waals surface area contributed by atoms with Crippen molar-refractivity contribution < 1.29 is 17.6 Å². The molecule has 3 aromatic carbocycles. The predicted octanol–water partition coefficient (Wildman–Crippen LogP) is 3.81. The lowest BCUT2D eigenvalue weighted by atomic mass is 9.98. The predicted molar refractivity (Wildman–Crippen MR) is 116 cm³/mol. The van der Waals surface area contributed by atoms with E-state index in [0.717, 1.165) is 33.3 Å². The van der Waals surface area contributed by atoms with E-state index in [1.165, 1.54) is 18.2 Å². The molecule has 0 bridgehead atoms. The zero-order chi connectivity index (χ0) is 21.7. The van der Waals surface area contributed by atoms with Crippen LogP contribution in [0.3, 0.4) is 0 Å². The van der Waals surface area contributed by atoms with Crippen LogP contribution in [0.15, 0.2) is 78.9 Å². The smallest absolute Gasteiger partial charge is 0.241 e. The van der Waals surface area contributed by atoms with Gasteiger partial charge in [0.1, 0.15) is 12.4 Å². The maximum Gasteiger partial charge on any atom is 0.241 e. The molecular formula is C23H23FN2O3S. The fourth-order valence-electron chi connectivity index (χ4n) is 3.13. The van der Waals surface area contributed by atoms with E-state index in [1.807, 2.05) is 61.5 Å². The van der Waals surface area contributed by atoms with Gasteiger partial charge < -0.3 is 5.32 Å². The highest BCUT2D eigenvalue weighted by molar-refractivity contribution is 7.92. The second-order valence-corrected chi connectivity index (χ2v) is 8.98. The van der Waals surface area contributed by atoms with Gasteiger partial charge in [-0.2, -0.15) is 0 Å². The van der Waals surface area contributed by atoms with Crippen LogP contribution in [0.4, 0.5) is 10.1 Å². The van der Waals surface area contributed by atoms with Crippen LogP contribution in [0.5, 0.6) is 0 Å². The number of amides is 1.